The van der Waals surface area contributed by atoms with Crippen molar-refractivity contribution in [2.75, 3.05) is 18.1 Å². The first-order chi connectivity index (χ1) is 10.4. The van der Waals surface area contributed by atoms with Crippen LogP contribution in [0.3, 0.4) is 0 Å². The molecule has 5 heteroatoms. The molecule has 0 bridgehead atoms. The Morgan fingerprint density at radius 1 is 1.19 bits per heavy atom. The molecule has 2 heterocycles. The van der Waals surface area contributed by atoms with Gasteiger partial charge < -0.3 is 15.0 Å². The summed E-state index contributed by atoms with van der Waals surface area (Å²) in [6, 6.07) is 15.3. The molecule has 106 valence electrons. The predicted molar refractivity (Wildman–Crippen MR) is 83.5 cm³/mol. The first-order valence-electron chi connectivity index (χ1n) is 6.80. The minimum Gasteiger partial charge on any atom is -0.486 e. The Kier molecular flexibility index (Phi) is 3.91. The van der Waals surface area contributed by atoms with Crippen LogP contribution in [0.4, 0.5) is 5.82 Å². The van der Waals surface area contributed by atoms with Crippen molar-refractivity contribution in [3.8, 4) is 5.75 Å². The Bertz CT molecular complexity index is 627. The van der Waals surface area contributed by atoms with Gasteiger partial charge in [-0.2, -0.15) is 0 Å². The third kappa shape index (κ3) is 3.08. The number of amidine groups is 1. The van der Waals surface area contributed by atoms with Gasteiger partial charge in [0, 0.05) is 12.4 Å². The Morgan fingerprint density at radius 3 is 2.71 bits per heavy atom. The summed E-state index contributed by atoms with van der Waals surface area (Å²) in [7, 11) is 0. The maximum atomic E-state index is 7.42. The van der Waals surface area contributed by atoms with E-state index in [0.29, 0.717) is 13.2 Å². The van der Waals surface area contributed by atoms with E-state index in [2.05, 4.69) is 9.98 Å². The van der Waals surface area contributed by atoms with Crippen LogP contribution >= 0.6 is 0 Å². The number of benzene rings is 1. The molecule has 1 aliphatic heterocycles. The number of rotatable bonds is 5. The predicted octanol–water partition coefficient (Wildman–Crippen LogP) is 2.40. The van der Waals surface area contributed by atoms with Crippen molar-refractivity contribution in [1.29, 1.82) is 5.41 Å². The van der Waals surface area contributed by atoms with Crippen molar-refractivity contribution in [2.24, 2.45) is 4.99 Å². The molecule has 0 saturated heterocycles. The maximum Gasteiger partial charge on any atom is 0.146 e. The Hall–Kier alpha value is -2.69. The minimum absolute atomic E-state index is 0.138. The molecule has 5 nitrogen and oxygen atoms in total. The largest absolute Gasteiger partial charge is 0.486 e. The number of ether oxygens (including phenoxy) is 1. The van der Waals surface area contributed by atoms with Gasteiger partial charge >= 0.3 is 0 Å². The number of pyridine rings is 1. The van der Waals surface area contributed by atoms with Crippen LogP contribution in [0.1, 0.15) is 0 Å². The SMILES string of the molecule is N=CC1CN(c2ccccn2)C(COc2ccccc2)=N1. The third-order valence-corrected chi connectivity index (χ3v) is 3.23. The number of para-hydroxylation sites is 1. The van der Waals surface area contributed by atoms with E-state index in [9.17, 15) is 0 Å². The van der Waals surface area contributed by atoms with Crippen LogP contribution in [-0.2, 0) is 0 Å². The molecule has 3 rings (SSSR count). The summed E-state index contributed by atoms with van der Waals surface area (Å²) in [5.41, 5.74) is 0. The maximum absolute atomic E-state index is 7.42. The van der Waals surface area contributed by atoms with Gasteiger partial charge in [-0.25, -0.2) is 4.98 Å². The van der Waals surface area contributed by atoms with Gasteiger partial charge in [0.2, 0.25) is 0 Å². The number of hydrogen-bond acceptors (Lipinski definition) is 5. The molecule has 1 atom stereocenters. The fourth-order valence-corrected chi connectivity index (χ4v) is 2.20. The average molecular weight is 280 g/mol. The number of nitrogens with one attached hydrogen (secondary N) is 1. The molecule has 1 aromatic carbocycles. The quantitative estimate of drug-likeness (QED) is 0.855. The van der Waals surface area contributed by atoms with Gasteiger partial charge in [0.25, 0.3) is 0 Å². The Balaban J connectivity index is 1.75. The fourth-order valence-electron chi connectivity index (χ4n) is 2.20. The molecular weight excluding hydrogens is 264 g/mol. The third-order valence-electron chi connectivity index (χ3n) is 3.23. The summed E-state index contributed by atoms with van der Waals surface area (Å²) >= 11 is 0. The molecule has 1 aliphatic rings. The van der Waals surface area contributed by atoms with Crippen LogP contribution in [-0.4, -0.2) is 36.2 Å². The van der Waals surface area contributed by atoms with Crippen molar-refractivity contribution >= 4 is 17.9 Å². The summed E-state index contributed by atoms with van der Waals surface area (Å²) in [6.45, 7) is 0.999. The van der Waals surface area contributed by atoms with E-state index >= 15 is 0 Å². The number of aromatic nitrogens is 1. The summed E-state index contributed by atoms with van der Waals surface area (Å²) < 4.78 is 5.76. The first kappa shape index (κ1) is 13.3. The molecule has 0 fully saturated rings. The lowest BCUT2D eigenvalue weighted by Crippen LogP contribution is -2.33. The van der Waals surface area contributed by atoms with Crippen LogP contribution < -0.4 is 9.64 Å². The molecule has 1 unspecified atom stereocenters. The Labute approximate surface area is 123 Å². The van der Waals surface area contributed by atoms with Crippen molar-refractivity contribution in [1.82, 2.24) is 4.98 Å². The highest BCUT2D eigenvalue weighted by atomic mass is 16.5. The van der Waals surface area contributed by atoms with Gasteiger partial charge in [0.1, 0.15) is 30.1 Å². The second kappa shape index (κ2) is 6.17. The van der Waals surface area contributed by atoms with Crippen LogP contribution in [0.2, 0.25) is 0 Å². The van der Waals surface area contributed by atoms with Gasteiger partial charge in [-0.1, -0.05) is 24.3 Å². The molecule has 0 saturated carbocycles. The average Bonchev–Trinajstić information content (AvgIpc) is 2.98. The van der Waals surface area contributed by atoms with Gasteiger partial charge in [0.15, 0.2) is 0 Å². The standard InChI is InChI=1S/C16H16N4O/c17-10-13-11-20(15-8-4-5-9-18-15)16(19-13)12-21-14-6-2-1-3-7-14/h1-10,13,17H,11-12H2. The van der Waals surface area contributed by atoms with E-state index in [4.69, 9.17) is 10.1 Å². The van der Waals surface area contributed by atoms with Gasteiger partial charge in [0.05, 0.1) is 6.54 Å². The summed E-state index contributed by atoms with van der Waals surface area (Å²) in [4.78, 5) is 10.9. The molecule has 0 aliphatic carbocycles. The number of hydrogen-bond donors (Lipinski definition) is 1. The lowest BCUT2D eigenvalue weighted by Gasteiger charge is -2.19. The molecule has 1 aromatic heterocycles. The lowest BCUT2D eigenvalue weighted by molar-refractivity contribution is 0.375. The van der Waals surface area contributed by atoms with E-state index < -0.39 is 0 Å². The van der Waals surface area contributed by atoms with Crippen molar-refractivity contribution in [3.63, 3.8) is 0 Å². The van der Waals surface area contributed by atoms with Crippen molar-refractivity contribution in [3.05, 3.63) is 54.7 Å². The molecule has 0 radical (unpaired) electrons. The molecule has 2 aromatic rings. The van der Waals surface area contributed by atoms with E-state index in [1.807, 2.05) is 53.4 Å². The van der Waals surface area contributed by atoms with Crippen LogP contribution in [0.5, 0.6) is 5.75 Å². The number of aliphatic imine (C=N–C) groups is 1. The van der Waals surface area contributed by atoms with Gasteiger partial charge in [-0.05, 0) is 24.3 Å². The summed E-state index contributed by atoms with van der Waals surface area (Å²) in [6.07, 6.45) is 3.11. The molecule has 0 spiro atoms. The van der Waals surface area contributed by atoms with E-state index in [1.165, 1.54) is 6.21 Å². The molecular formula is C16H16N4O. The second-order valence-electron chi connectivity index (χ2n) is 4.68. The first-order valence-corrected chi connectivity index (χ1v) is 6.80. The second-order valence-corrected chi connectivity index (χ2v) is 4.68. The van der Waals surface area contributed by atoms with Crippen molar-refractivity contribution in [2.45, 2.75) is 6.04 Å². The zero-order chi connectivity index (χ0) is 14.5. The zero-order valence-corrected chi connectivity index (χ0v) is 11.5. The highest BCUT2D eigenvalue weighted by Gasteiger charge is 2.26. The van der Waals surface area contributed by atoms with Crippen LogP contribution in [0.25, 0.3) is 0 Å². The van der Waals surface area contributed by atoms with Gasteiger partial charge in [-0.15, -0.1) is 0 Å². The lowest BCUT2D eigenvalue weighted by atomic mass is 10.3. The number of anilines is 1. The fraction of sp³-hybridized carbons (Fsp3) is 0.188. The van der Waals surface area contributed by atoms with Crippen molar-refractivity contribution < 1.29 is 4.74 Å². The smallest absolute Gasteiger partial charge is 0.146 e. The Morgan fingerprint density at radius 2 is 2.00 bits per heavy atom. The number of nitrogens with zero attached hydrogens (tertiary/aromatic N) is 3. The minimum atomic E-state index is -0.138. The van der Waals surface area contributed by atoms with Gasteiger partial charge in [-0.3, -0.25) is 4.99 Å². The van der Waals surface area contributed by atoms with Crippen LogP contribution in [0, 0.1) is 5.41 Å². The van der Waals surface area contributed by atoms with E-state index in [0.717, 1.165) is 17.4 Å². The molecule has 21 heavy (non-hydrogen) atoms. The highest BCUT2D eigenvalue weighted by Crippen LogP contribution is 2.18. The summed E-state index contributed by atoms with van der Waals surface area (Å²) in [5.74, 6) is 2.43. The normalized spacial score (nSPS) is 17.4. The van der Waals surface area contributed by atoms with E-state index in [-0.39, 0.29) is 6.04 Å². The topological polar surface area (TPSA) is 61.6 Å². The zero-order valence-electron chi connectivity index (χ0n) is 11.5. The monoisotopic (exact) mass is 280 g/mol. The van der Waals surface area contributed by atoms with Crippen LogP contribution in [0.15, 0.2) is 59.7 Å². The molecule has 1 N–H and O–H groups in total. The molecule has 0 amide bonds. The summed E-state index contributed by atoms with van der Waals surface area (Å²) in [5, 5.41) is 7.42. The van der Waals surface area contributed by atoms with E-state index in [1.54, 1.807) is 6.20 Å². The highest BCUT2D eigenvalue weighted by molar-refractivity contribution is 6.01.